The lowest BCUT2D eigenvalue weighted by atomic mass is 9.85. The van der Waals surface area contributed by atoms with Crippen LogP contribution in [0, 0.1) is 23.7 Å². The maximum absolute atomic E-state index is 13.2. The van der Waals surface area contributed by atoms with E-state index in [0.717, 1.165) is 12.8 Å². The van der Waals surface area contributed by atoms with Gasteiger partial charge in [0.05, 0.1) is 24.6 Å². The van der Waals surface area contributed by atoms with E-state index >= 15 is 0 Å². The molecule has 0 N–H and O–H groups in total. The second-order valence-corrected chi connectivity index (χ2v) is 7.82. The summed E-state index contributed by atoms with van der Waals surface area (Å²) in [7, 11) is 1.59. The first-order valence-electron chi connectivity index (χ1n) is 9.62. The molecule has 4 atom stereocenters. The van der Waals surface area contributed by atoms with Gasteiger partial charge < -0.3 is 4.74 Å². The van der Waals surface area contributed by atoms with Gasteiger partial charge in [-0.1, -0.05) is 35.8 Å². The zero-order valence-electron chi connectivity index (χ0n) is 15.0. The van der Waals surface area contributed by atoms with Gasteiger partial charge in [0.15, 0.2) is 0 Å². The molecule has 0 spiro atoms. The van der Waals surface area contributed by atoms with Crippen molar-refractivity contribution in [2.24, 2.45) is 23.7 Å². The van der Waals surface area contributed by atoms with Crippen molar-refractivity contribution in [3.05, 3.63) is 47.6 Å². The number of hydrogen-bond donors (Lipinski definition) is 0. The predicted octanol–water partition coefficient (Wildman–Crippen LogP) is 3.88. The molecule has 1 aliphatic heterocycles. The van der Waals surface area contributed by atoms with E-state index in [1.807, 2.05) is 18.2 Å². The van der Waals surface area contributed by atoms with Crippen LogP contribution in [0.4, 0.5) is 5.69 Å². The lowest BCUT2D eigenvalue weighted by Gasteiger charge is -2.23. The number of fused-ring (bicyclic) bond motifs is 5. The Bertz CT molecular complexity index is 811. The largest absolute Gasteiger partial charge is 0.497 e. The summed E-state index contributed by atoms with van der Waals surface area (Å²) in [4.78, 5) is 27.8. The number of hydrogen-bond acceptors (Lipinski definition) is 3. The highest BCUT2D eigenvalue weighted by molar-refractivity contribution is 6.23. The van der Waals surface area contributed by atoms with Crippen molar-refractivity contribution in [2.45, 2.75) is 32.1 Å². The summed E-state index contributed by atoms with van der Waals surface area (Å²) < 4.78 is 5.26. The molecule has 26 heavy (non-hydrogen) atoms. The zero-order valence-corrected chi connectivity index (χ0v) is 15.0. The third-order valence-corrected chi connectivity index (χ3v) is 6.59. The van der Waals surface area contributed by atoms with Crippen molar-refractivity contribution in [1.29, 1.82) is 0 Å². The van der Waals surface area contributed by atoms with Crippen LogP contribution in [0.25, 0.3) is 0 Å². The summed E-state index contributed by atoms with van der Waals surface area (Å²) in [6.45, 7) is 0. The number of nitrogens with zero attached hydrogens (tertiary/aromatic N) is 1. The molecular weight excluding hydrogens is 326 g/mol. The summed E-state index contributed by atoms with van der Waals surface area (Å²) in [5, 5.41) is 0. The van der Waals surface area contributed by atoms with Crippen molar-refractivity contribution in [1.82, 2.24) is 0 Å². The molecular formula is C22H23NO3. The number of carbonyl (C=O) groups excluding carboxylic acids is 2. The third-order valence-electron chi connectivity index (χ3n) is 6.59. The van der Waals surface area contributed by atoms with Crippen LogP contribution in [0.2, 0.25) is 0 Å². The van der Waals surface area contributed by atoms with Crippen molar-refractivity contribution < 1.29 is 14.3 Å². The molecule has 1 heterocycles. The van der Waals surface area contributed by atoms with Gasteiger partial charge >= 0.3 is 0 Å². The Balaban J connectivity index is 1.52. The summed E-state index contributed by atoms with van der Waals surface area (Å²) >= 11 is 0. The zero-order chi connectivity index (χ0) is 17.8. The van der Waals surface area contributed by atoms with Gasteiger partial charge in [0.2, 0.25) is 11.8 Å². The van der Waals surface area contributed by atoms with Crippen LogP contribution >= 0.6 is 0 Å². The number of allylic oxidation sites excluding steroid dienone is 4. The van der Waals surface area contributed by atoms with Crippen molar-refractivity contribution in [3.8, 4) is 5.75 Å². The molecule has 2 amide bonds. The molecule has 5 rings (SSSR count). The van der Waals surface area contributed by atoms with E-state index < -0.39 is 0 Å². The topological polar surface area (TPSA) is 46.6 Å². The minimum atomic E-state index is -0.215. The first-order valence-corrected chi connectivity index (χ1v) is 9.62. The van der Waals surface area contributed by atoms with E-state index in [2.05, 4.69) is 12.2 Å². The monoisotopic (exact) mass is 349 g/mol. The number of ether oxygens (including phenoxy) is 1. The molecule has 4 aliphatic rings. The van der Waals surface area contributed by atoms with Crippen LogP contribution < -0.4 is 9.64 Å². The molecule has 1 saturated heterocycles. The number of anilines is 1. The van der Waals surface area contributed by atoms with E-state index in [4.69, 9.17) is 4.74 Å². The Morgan fingerprint density at radius 2 is 1.62 bits per heavy atom. The van der Waals surface area contributed by atoms with Crippen LogP contribution in [0.3, 0.4) is 0 Å². The van der Waals surface area contributed by atoms with Gasteiger partial charge in [0.25, 0.3) is 0 Å². The molecule has 0 unspecified atom stereocenters. The molecule has 1 aromatic rings. The fourth-order valence-corrected chi connectivity index (χ4v) is 5.51. The van der Waals surface area contributed by atoms with Crippen LogP contribution in [0.5, 0.6) is 5.75 Å². The summed E-state index contributed by atoms with van der Waals surface area (Å²) in [5.74, 6) is 0.404. The average Bonchev–Trinajstić information content (AvgIpc) is 3.32. The van der Waals surface area contributed by atoms with Crippen LogP contribution in [0.15, 0.2) is 47.6 Å². The number of amides is 2. The molecule has 2 bridgehead atoms. The first kappa shape index (κ1) is 15.9. The third kappa shape index (κ3) is 2.08. The molecule has 4 nitrogen and oxygen atoms in total. The maximum atomic E-state index is 13.2. The quantitative estimate of drug-likeness (QED) is 0.601. The lowest BCUT2D eigenvalue weighted by molar-refractivity contribution is -0.122. The van der Waals surface area contributed by atoms with Crippen molar-refractivity contribution in [3.63, 3.8) is 0 Å². The van der Waals surface area contributed by atoms with Gasteiger partial charge in [-0.15, -0.1) is 0 Å². The second kappa shape index (κ2) is 5.83. The number of rotatable bonds is 2. The second-order valence-electron chi connectivity index (χ2n) is 7.82. The minimum absolute atomic E-state index is 0.0426. The van der Waals surface area contributed by atoms with Crippen LogP contribution in [0.1, 0.15) is 32.1 Å². The molecule has 3 fully saturated rings. The number of benzene rings is 1. The van der Waals surface area contributed by atoms with Gasteiger partial charge in [-0.2, -0.15) is 0 Å². The summed E-state index contributed by atoms with van der Waals surface area (Å²) in [6, 6.07) is 7.24. The van der Waals surface area contributed by atoms with E-state index in [1.165, 1.54) is 35.3 Å². The molecule has 0 radical (unpaired) electrons. The molecule has 2 saturated carbocycles. The van der Waals surface area contributed by atoms with Crippen LogP contribution in [-0.4, -0.2) is 18.9 Å². The summed E-state index contributed by atoms with van der Waals surface area (Å²) in [6.07, 6.45) is 10.4. The van der Waals surface area contributed by atoms with Crippen molar-refractivity contribution in [2.75, 3.05) is 12.0 Å². The SMILES string of the molecule is COc1cccc(N2C(=O)[C@@H]3[C@@H](C2=O)[C@H]2C=C[C@H]3C2=C2CCCCC2)c1. The van der Waals surface area contributed by atoms with Crippen LogP contribution in [-0.2, 0) is 9.59 Å². The molecule has 134 valence electrons. The fourth-order valence-electron chi connectivity index (χ4n) is 5.51. The van der Waals surface area contributed by atoms with E-state index in [-0.39, 0.29) is 35.5 Å². The van der Waals surface area contributed by atoms with E-state index in [9.17, 15) is 9.59 Å². The fraction of sp³-hybridized carbons (Fsp3) is 0.455. The average molecular weight is 349 g/mol. The Hall–Kier alpha value is -2.36. The Kier molecular flexibility index (Phi) is 3.56. The van der Waals surface area contributed by atoms with Gasteiger partial charge in [-0.05, 0) is 37.8 Å². The highest BCUT2D eigenvalue weighted by atomic mass is 16.5. The normalized spacial score (nSPS) is 32.6. The molecule has 4 heteroatoms. The molecule has 3 aliphatic carbocycles. The van der Waals surface area contributed by atoms with E-state index in [1.54, 1.807) is 13.2 Å². The number of imide groups is 1. The highest BCUT2D eigenvalue weighted by Crippen LogP contribution is 2.58. The Labute approximate surface area is 153 Å². The van der Waals surface area contributed by atoms with Gasteiger partial charge in [0, 0.05) is 17.9 Å². The number of carbonyl (C=O) groups is 2. The van der Waals surface area contributed by atoms with Gasteiger partial charge in [-0.3, -0.25) is 9.59 Å². The minimum Gasteiger partial charge on any atom is -0.497 e. The Morgan fingerprint density at radius 3 is 2.23 bits per heavy atom. The van der Waals surface area contributed by atoms with Gasteiger partial charge in [-0.25, -0.2) is 4.90 Å². The highest BCUT2D eigenvalue weighted by Gasteiger charge is 2.62. The smallest absolute Gasteiger partial charge is 0.238 e. The molecule has 1 aromatic carbocycles. The van der Waals surface area contributed by atoms with Crippen molar-refractivity contribution >= 4 is 17.5 Å². The first-order chi connectivity index (χ1) is 12.7. The number of methoxy groups -OCH3 is 1. The predicted molar refractivity (Wildman–Crippen MR) is 98.7 cm³/mol. The lowest BCUT2D eigenvalue weighted by Crippen LogP contribution is -2.33. The maximum Gasteiger partial charge on any atom is 0.238 e. The standard InChI is InChI=1S/C22H23NO3/c1-26-15-9-5-8-14(12-15)23-21(24)19-16-10-11-17(20(19)22(23)25)18(16)13-6-3-2-4-7-13/h5,8-12,16-17,19-20H,2-4,6-7H2,1H3/t16-,17-,19-,20-/m0/s1. The van der Waals surface area contributed by atoms with E-state index in [0.29, 0.717) is 11.4 Å². The molecule has 0 aromatic heterocycles. The van der Waals surface area contributed by atoms with Gasteiger partial charge in [0.1, 0.15) is 5.75 Å². The Morgan fingerprint density at radius 1 is 0.962 bits per heavy atom. The summed E-state index contributed by atoms with van der Waals surface area (Å²) in [5.41, 5.74) is 3.56.